The van der Waals surface area contributed by atoms with Crippen LogP contribution in [0.4, 0.5) is 0 Å². The molecule has 2 rings (SSSR count). The molecule has 76 valence electrons. The van der Waals surface area contributed by atoms with Crippen molar-refractivity contribution in [2.45, 2.75) is 0 Å². The maximum Gasteiger partial charge on any atom is 0.216 e. The van der Waals surface area contributed by atoms with Gasteiger partial charge in [-0.05, 0) is 24.3 Å². The first-order chi connectivity index (χ1) is 7.29. The number of methoxy groups -OCH3 is 1. The van der Waals surface area contributed by atoms with Crippen LogP contribution in [-0.2, 0) is 0 Å². The summed E-state index contributed by atoms with van der Waals surface area (Å²) in [5.41, 5.74) is 1.68. The lowest BCUT2D eigenvalue weighted by molar-refractivity contribution is 0.397. The molecule has 15 heavy (non-hydrogen) atoms. The zero-order valence-corrected chi connectivity index (χ0v) is 8.21. The molecule has 1 heterocycles. The number of phenols is 1. The van der Waals surface area contributed by atoms with E-state index in [0.717, 1.165) is 11.3 Å². The van der Waals surface area contributed by atoms with Gasteiger partial charge in [0, 0.05) is 11.6 Å². The summed E-state index contributed by atoms with van der Waals surface area (Å²) in [6, 6.07) is 8.55. The van der Waals surface area contributed by atoms with Crippen LogP contribution in [0.3, 0.4) is 0 Å². The zero-order valence-electron chi connectivity index (χ0n) is 8.21. The first-order valence-electron chi connectivity index (χ1n) is 4.45. The van der Waals surface area contributed by atoms with Gasteiger partial charge in [0.2, 0.25) is 5.88 Å². The van der Waals surface area contributed by atoms with Crippen LogP contribution < -0.4 is 4.74 Å². The largest absolute Gasteiger partial charge is 0.508 e. The summed E-state index contributed by atoms with van der Waals surface area (Å²) in [4.78, 5) is 8.03. The third kappa shape index (κ3) is 2.04. The van der Waals surface area contributed by atoms with Gasteiger partial charge in [-0.2, -0.15) is 0 Å². The van der Waals surface area contributed by atoms with E-state index in [1.54, 1.807) is 37.4 Å². The summed E-state index contributed by atoms with van der Waals surface area (Å²) >= 11 is 0. The minimum Gasteiger partial charge on any atom is -0.508 e. The lowest BCUT2D eigenvalue weighted by atomic mass is 10.1. The molecular formula is C11H10N2O2. The van der Waals surface area contributed by atoms with Crippen molar-refractivity contribution in [2.24, 2.45) is 0 Å². The average molecular weight is 202 g/mol. The van der Waals surface area contributed by atoms with Gasteiger partial charge >= 0.3 is 0 Å². The van der Waals surface area contributed by atoms with E-state index in [1.165, 1.54) is 6.33 Å². The molecule has 4 heteroatoms. The molecule has 0 unspecified atom stereocenters. The van der Waals surface area contributed by atoms with Crippen molar-refractivity contribution in [1.29, 1.82) is 0 Å². The molecule has 0 spiro atoms. The normalized spacial score (nSPS) is 9.93. The third-order valence-corrected chi connectivity index (χ3v) is 2.01. The molecule has 0 bridgehead atoms. The van der Waals surface area contributed by atoms with Crippen LogP contribution >= 0.6 is 0 Å². The molecule has 0 aliphatic carbocycles. The zero-order chi connectivity index (χ0) is 10.7. The van der Waals surface area contributed by atoms with Crippen molar-refractivity contribution in [3.63, 3.8) is 0 Å². The highest BCUT2D eigenvalue weighted by Crippen LogP contribution is 2.21. The average Bonchev–Trinajstić information content (AvgIpc) is 2.30. The smallest absolute Gasteiger partial charge is 0.216 e. The molecule has 0 aliphatic heterocycles. The predicted molar refractivity (Wildman–Crippen MR) is 55.7 cm³/mol. The Hall–Kier alpha value is -2.10. The molecule has 1 aromatic carbocycles. The van der Waals surface area contributed by atoms with Crippen molar-refractivity contribution in [3.05, 3.63) is 36.7 Å². The Kier molecular flexibility index (Phi) is 2.49. The summed E-state index contributed by atoms with van der Waals surface area (Å²) < 4.78 is 5.00. The number of hydrogen-bond donors (Lipinski definition) is 1. The van der Waals surface area contributed by atoms with Gasteiger partial charge < -0.3 is 9.84 Å². The van der Waals surface area contributed by atoms with E-state index in [9.17, 15) is 0 Å². The lowest BCUT2D eigenvalue weighted by Crippen LogP contribution is -1.90. The second kappa shape index (κ2) is 3.96. The number of benzene rings is 1. The van der Waals surface area contributed by atoms with Crippen LogP contribution in [-0.4, -0.2) is 22.2 Å². The van der Waals surface area contributed by atoms with Crippen LogP contribution in [0.25, 0.3) is 11.3 Å². The minimum absolute atomic E-state index is 0.236. The van der Waals surface area contributed by atoms with E-state index in [2.05, 4.69) is 9.97 Å². The predicted octanol–water partition coefficient (Wildman–Crippen LogP) is 1.86. The monoisotopic (exact) mass is 202 g/mol. The van der Waals surface area contributed by atoms with Gasteiger partial charge in [-0.1, -0.05) is 0 Å². The number of rotatable bonds is 2. The number of phenolic OH excluding ortho intramolecular Hbond substituents is 1. The van der Waals surface area contributed by atoms with Gasteiger partial charge in [-0.15, -0.1) is 0 Å². The molecule has 0 fully saturated rings. The van der Waals surface area contributed by atoms with Gasteiger partial charge in [0.1, 0.15) is 12.1 Å². The van der Waals surface area contributed by atoms with Gasteiger partial charge in [-0.3, -0.25) is 0 Å². The van der Waals surface area contributed by atoms with E-state index in [-0.39, 0.29) is 5.75 Å². The first-order valence-corrected chi connectivity index (χ1v) is 4.45. The van der Waals surface area contributed by atoms with Gasteiger partial charge in [0.05, 0.1) is 12.8 Å². The molecular weight excluding hydrogens is 192 g/mol. The Labute approximate surface area is 87.2 Å². The summed E-state index contributed by atoms with van der Waals surface area (Å²) in [7, 11) is 1.56. The number of ether oxygens (including phenoxy) is 1. The lowest BCUT2D eigenvalue weighted by Gasteiger charge is -2.02. The van der Waals surface area contributed by atoms with Crippen LogP contribution in [0.5, 0.6) is 11.6 Å². The van der Waals surface area contributed by atoms with Gasteiger partial charge in [0.15, 0.2) is 0 Å². The summed E-state index contributed by atoms with van der Waals surface area (Å²) in [6.07, 6.45) is 1.45. The molecule has 4 nitrogen and oxygen atoms in total. The molecule has 0 saturated heterocycles. The Bertz CT molecular complexity index is 454. The Morgan fingerprint density at radius 2 is 1.87 bits per heavy atom. The summed E-state index contributed by atoms with van der Waals surface area (Å²) in [5.74, 6) is 0.757. The highest BCUT2D eigenvalue weighted by atomic mass is 16.5. The van der Waals surface area contributed by atoms with Crippen molar-refractivity contribution in [2.75, 3.05) is 7.11 Å². The molecule has 2 aromatic rings. The quantitative estimate of drug-likeness (QED) is 0.807. The Balaban J connectivity index is 2.40. The van der Waals surface area contributed by atoms with Gasteiger partial charge in [-0.25, -0.2) is 9.97 Å². The first kappa shape index (κ1) is 9.45. The van der Waals surface area contributed by atoms with Crippen LogP contribution in [0.2, 0.25) is 0 Å². The van der Waals surface area contributed by atoms with E-state index in [0.29, 0.717) is 5.88 Å². The van der Waals surface area contributed by atoms with E-state index >= 15 is 0 Å². The fraction of sp³-hybridized carbons (Fsp3) is 0.0909. The minimum atomic E-state index is 0.236. The number of aromatic hydroxyl groups is 1. The number of nitrogens with zero attached hydrogens (tertiary/aromatic N) is 2. The fourth-order valence-electron chi connectivity index (χ4n) is 1.24. The highest BCUT2D eigenvalue weighted by molar-refractivity contribution is 5.60. The molecule has 0 radical (unpaired) electrons. The van der Waals surface area contributed by atoms with Gasteiger partial charge in [0.25, 0.3) is 0 Å². The summed E-state index contributed by atoms with van der Waals surface area (Å²) in [5, 5.41) is 9.15. The third-order valence-electron chi connectivity index (χ3n) is 2.01. The van der Waals surface area contributed by atoms with Crippen molar-refractivity contribution >= 4 is 0 Å². The highest BCUT2D eigenvalue weighted by Gasteiger charge is 2.01. The standard InChI is InChI=1S/C11H10N2O2/c1-15-11-6-10(12-7-13-11)8-2-4-9(14)5-3-8/h2-7,14H,1H3. The SMILES string of the molecule is COc1cc(-c2ccc(O)cc2)ncn1. The van der Waals surface area contributed by atoms with E-state index in [4.69, 9.17) is 9.84 Å². The molecule has 1 aromatic heterocycles. The Morgan fingerprint density at radius 1 is 1.13 bits per heavy atom. The second-order valence-corrected chi connectivity index (χ2v) is 2.99. The summed E-state index contributed by atoms with van der Waals surface area (Å²) in [6.45, 7) is 0. The molecule has 0 aliphatic rings. The molecule has 0 saturated carbocycles. The number of hydrogen-bond acceptors (Lipinski definition) is 4. The van der Waals surface area contributed by atoms with Crippen molar-refractivity contribution < 1.29 is 9.84 Å². The van der Waals surface area contributed by atoms with Crippen LogP contribution in [0, 0.1) is 0 Å². The number of aromatic nitrogens is 2. The van der Waals surface area contributed by atoms with Crippen molar-refractivity contribution in [1.82, 2.24) is 9.97 Å². The maximum atomic E-state index is 9.15. The Morgan fingerprint density at radius 3 is 2.53 bits per heavy atom. The molecule has 1 N–H and O–H groups in total. The van der Waals surface area contributed by atoms with Crippen LogP contribution in [0.15, 0.2) is 36.7 Å². The van der Waals surface area contributed by atoms with E-state index < -0.39 is 0 Å². The van der Waals surface area contributed by atoms with E-state index in [1.807, 2.05) is 0 Å². The van der Waals surface area contributed by atoms with Crippen LogP contribution in [0.1, 0.15) is 0 Å². The maximum absolute atomic E-state index is 9.15. The molecule has 0 amide bonds. The topological polar surface area (TPSA) is 55.2 Å². The fourth-order valence-corrected chi connectivity index (χ4v) is 1.24. The molecule has 0 atom stereocenters. The second-order valence-electron chi connectivity index (χ2n) is 2.99. The van der Waals surface area contributed by atoms with Crippen molar-refractivity contribution in [3.8, 4) is 22.9 Å².